The Morgan fingerprint density at radius 3 is 2.50 bits per heavy atom. The van der Waals surface area contributed by atoms with Gasteiger partial charge in [0.15, 0.2) is 0 Å². The second kappa shape index (κ2) is 4.13. The summed E-state index contributed by atoms with van der Waals surface area (Å²) in [6, 6.07) is 0.462. The average molecular weight is 195 g/mol. The van der Waals surface area contributed by atoms with E-state index in [1.54, 1.807) is 0 Å². The molecule has 0 aliphatic heterocycles. The number of nitrogens with zero attached hydrogens (tertiary/aromatic N) is 2. The lowest BCUT2D eigenvalue weighted by Gasteiger charge is -2.30. The normalized spacial score (nSPS) is 14.4. The summed E-state index contributed by atoms with van der Waals surface area (Å²) in [6.45, 7) is 6.74. The van der Waals surface area contributed by atoms with E-state index < -0.39 is 0 Å². The van der Waals surface area contributed by atoms with E-state index in [0.717, 1.165) is 12.2 Å². The highest BCUT2D eigenvalue weighted by Crippen LogP contribution is 2.21. The van der Waals surface area contributed by atoms with Crippen LogP contribution < -0.4 is 5.32 Å². The SMILES string of the molecule is CNC(Cc1nccn1C)C(C)(C)C. The minimum atomic E-state index is 0.265. The fraction of sp³-hybridized carbons (Fsp3) is 0.727. The van der Waals surface area contributed by atoms with E-state index in [4.69, 9.17) is 0 Å². The molecule has 0 bridgehead atoms. The van der Waals surface area contributed by atoms with E-state index in [9.17, 15) is 0 Å². The van der Waals surface area contributed by atoms with Gasteiger partial charge in [0.1, 0.15) is 5.82 Å². The number of aryl methyl sites for hydroxylation is 1. The Hall–Kier alpha value is -0.830. The second-order valence-corrected chi connectivity index (χ2v) is 4.87. The van der Waals surface area contributed by atoms with Gasteiger partial charge >= 0.3 is 0 Å². The fourth-order valence-corrected chi connectivity index (χ4v) is 1.62. The second-order valence-electron chi connectivity index (χ2n) is 4.87. The predicted octanol–water partition coefficient (Wildman–Crippen LogP) is 1.60. The van der Waals surface area contributed by atoms with Gasteiger partial charge in [0.25, 0.3) is 0 Å². The number of likely N-dealkylation sites (N-methyl/N-ethyl adjacent to an activating group) is 1. The molecule has 1 heterocycles. The van der Waals surface area contributed by atoms with E-state index >= 15 is 0 Å². The lowest BCUT2D eigenvalue weighted by Crippen LogP contribution is -2.40. The molecule has 3 heteroatoms. The van der Waals surface area contributed by atoms with Crippen molar-refractivity contribution < 1.29 is 0 Å². The number of hydrogen-bond donors (Lipinski definition) is 1. The number of nitrogens with one attached hydrogen (secondary N) is 1. The predicted molar refractivity (Wildman–Crippen MR) is 59.2 cm³/mol. The van der Waals surface area contributed by atoms with E-state index in [-0.39, 0.29) is 5.41 Å². The minimum Gasteiger partial charge on any atom is -0.338 e. The summed E-state index contributed by atoms with van der Waals surface area (Å²) in [4.78, 5) is 4.34. The van der Waals surface area contributed by atoms with Crippen molar-refractivity contribution in [2.24, 2.45) is 12.5 Å². The van der Waals surface area contributed by atoms with Crippen molar-refractivity contribution in [1.82, 2.24) is 14.9 Å². The van der Waals surface area contributed by atoms with Gasteiger partial charge in [0.05, 0.1) is 0 Å². The summed E-state index contributed by atoms with van der Waals surface area (Å²) in [7, 11) is 4.05. The lowest BCUT2D eigenvalue weighted by atomic mass is 9.85. The molecular formula is C11H21N3. The zero-order valence-corrected chi connectivity index (χ0v) is 9.83. The maximum absolute atomic E-state index is 4.34. The lowest BCUT2D eigenvalue weighted by molar-refractivity contribution is 0.275. The van der Waals surface area contributed by atoms with Gasteiger partial charge in [-0.3, -0.25) is 0 Å². The van der Waals surface area contributed by atoms with E-state index in [1.807, 2.05) is 26.5 Å². The van der Waals surface area contributed by atoms with Crippen LogP contribution in [-0.4, -0.2) is 22.6 Å². The Morgan fingerprint density at radius 1 is 1.50 bits per heavy atom. The van der Waals surface area contributed by atoms with Crippen molar-refractivity contribution in [2.75, 3.05) is 7.05 Å². The molecule has 0 saturated heterocycles. The Balaban J connectivity index is 2.71. The molecule has 14 heavy (non-hydrogen) atoms. The maximum atomic E-state index is 4.34. The molecule has 80 valence electrons. The molecule has 1 N–H and O–H groups in total. The van der Waals surface area contributed by atoms with Gasteiger partial charge in [-0.25, -0.2) is 4.98 Å². The number of imidazole rings is 1. The van der Waals surface area contributed by atoms with Crippen LogP contribution in [-0.2, 0) is 13.5 Å². The molecule has 3 nitrogen and oxygen atoms in total. The Labute approximate surface area is 86.5 Å². The largest absolute Gasteiger partial charge is 0.338 e. The van der Waals surface area contributed by atoms with Crippen molar-refractivity contribution in [3.05, 3.63) is 18.2 Å². The molecule has 1 aromatic heterocycles. The highest BCUT2D eigenvalue weighted by atomic mass is 15.0. The zero-order valence-electron chi connectivity index (χ0n) is 9.83. The van der Waals surface area contributed by atoms with Gasteiger partial charge in [-0.1, -0.05) is 20.8 Å². The van der Waals surface area contributed by atoms with Gasteiger partial charge < -0.3 is 9.88 Å². The fourth-order valence-electron chi connectivity index (χ4n) is 1.62. The van der Waals surface area contributed by atoms with Crippen LogP contribution in [0.3, 0.4) is 0 Å². The third kappa shape index (κ3) is 2.58. The Morgan fingerprint density at radius 2 is 2.14 bits per heavy atom. The summed E-state index contributed by atoms with van der Waals surface area (Å²) >= 11 is 0. The molecule has 0 aromatic carbocycles. The summed E-state index contributed by atoms with van der Waals surface area (Å²) in [5.41, 5.74) is 0.265. The summed E-state index contributed by atoms with van der Waals surface area (Å²) in [5, 5.41) is 3.35. The van der Waals surface area contributed by atoms with Crippen molar-refractivity contribution in [3.8, 4) is 0 Å². The van der Waals surface area contributed by atoms with Crippen LogP contribution in [0.4, 0.5) is 0 Å². The number of rotatable bonds is 3. The highest BCUT2D eigenvalue weighted by Gasteiger charge is 2.24. The Bertz CT molecular complexity index is 283. The topological polar surface area (TPSA) is 29.9 Å². The smallest absolute Gasteiger partial charge is 0.109 e. The summed E-state index contributed by atoms with van der Waals surface area (Å²) in [6.07, 6.45) is 4.82. The third-order valence-electron chi connectivity index (χ3n) is 2.70. The minimum absolute atomic E-state index is 0.265. The van der Waals surface area contributed by atoms with E-state index in [1.165, 1.54) is 0 Å². The molecular weight excluding hydrogens is 174 g/mol. The molecule has 0 fully saturated rings. The monoisotopic (exact) mass is 195 g/mol. The quantitative estimate of drug-likeness (QED) is 0.794. The molecule has 1 atom stereocenters. The van der Waals surface area contributed by atoms with E-state index in [2.05, 4.69) is 35.6 Å². The molecule has 1 unspecified atom stereocenters. The van der Waals surface area contributed by atoms with Crippen LogP contribution in [0.15, 0.2) is 12.4 Å². The maximum Gasteiger partial charge on any atom is 0.109 e. The van der Waals surface area contributed by atoms with Gasteiger partial charge in [-0.15, -0.1) is 0 Å². The van der Waals surface area contributed by atoms with Crippen molar-refractivity contribution >= 4 is 0 Å². The van der Waals surface area contributed by atoms with Gasteiger partial charge in [-0.2, -0.15) is 0 Å². The van der Waals surface area contributed by atoms with Gasteiger partial charge in [0.2, 0.25) is 0 Å². The standard InChI is InChI=1S/C11H21N3/c1-11(2,3)9(12-4)8-10-13-6-7-14(10)5/h6-7,9,12H,8H2,1-5H3. The number of hydrogen-bond acceptors (Lipinski definition) is 2. The van der Waals surface area contributed by atoms with Crippen molar-refractivity contribution in [1.29, 1.82) is 0 Å². The van der Waals surface area contributed by atoms with Gasteiger partial charge in [-0.05, 0) is 12.5 Å². The molecule has 1 rings (SSSR count). The van der Waals surface area contributed by atoms with Crippen molar-refractivity contribution in [2.45, 2.75) is 33.2 Å². The number of aromatic nitrogens is 2. The molecule has 0 saturated carbocycles. The van der Waals surface area contributed by atoms with Crippen LogP contribution in [0, 0.1) is 5.41 Å². The average Bonchev–Trinajstić information content (AvgIpc) is 2.45. The first-order valence-corrected chi connectivity index (χ1v) is 5.08. The molecule has 0 spiro atoms. The first kappa shape index (κ1) is 11.2. The van der Waals surface area contributed by atoms with Crippen LogP contribution >= 0.6 is 0 Å². The molecule has 0 aliphatic rings. The molecule has 0 amide bonds. The van der Waals surface area contributed by atoms with Crippen LogP contribution in [0.1, 0.15) is 26.6 Å². The van der Waals surface area contributed by atoms with Crippen LogP contribution in [0.25, 0.3) is 0 Å². The molecule has 0 aliphatic carbocycles. The van der Waals surface area contributed by atoms with Crippen LogP contribution in [0.2, 0.25) is 0 Å². The zero-order chi connectivity index (χ0) is 10.8. The molecule has 0 radical (unpaired) electrons. The summed E-state index contributed by atoms with van der Waals surface area (Å²) in [5.74, 6) is 1.14. The highest BCUT2D eigenvalue weighted by molar-refractivity contribution is 4.97. The van der Waals surface area contributed by atoms with E-state index in [0.29, 0.717) is 6.04 Å². The third-order valence-corrected chi connectivity index (χ3v) is 2.70. The summed E-state index contributed by atoms with van der Waals surface area (Å²) < 4.78 is 2.08. The Kier molecular flexibility index (Phi) is 3.32. The van der Waals surface area contributed by atoms with Gasteiger partial charge in [0, 0.05) is 31.9 Å². The first-order chi connectivity index (χ1) is 6.45. The first-order valence-electron chi connectivity index (χ1n) is 5.08. The van der Waals surface area contributed by atoms with Crippen molar-refractivity contribution in [3.63, 3.8) is 0 Å². The molecule has 1 aromatic rings. The van der Waals surface area contributed by atoms with Crippen LogP contribution in [0.5, 0.6) is 0 Å².